The summed E-state index contributed by atoms with van der Waals surface area (Å²) in [6.07, 6.45) is 1.18. The lowest BCUT2D eigenvalue weighted by atomic mass is 10.2. The molecule has 0 saturated carbocycles. The molecule has 1 aromatic rings. The Balaban J connectivity index is 2.68. The highest BCUT2D eigenvalue weighted by molar-refractivity contribution is 5.80. The fourth-order valence-electron chi connectivity index (χ4n) is 1.30. The van der Waals surface area contributed by atoms with Gasteiger partial charge in [-0.2, -0.15) is 0 Å². The number of likely N-dealkylation sites (N-methyl/N-ethyl adjacent to an activating group) is 1. The monoisotopic (exact) mass is 211 g/mol. The van der Waals surface area contributed by atoms with Crippen LogP contribution in [0.2, 0.25) is 0 Å². The van der Waals surface area contributed by atoms with Gasteiger partial charge in [-0.15, -0.1) is 0 Å². The van der Waals surface area contributed by atoms with Crippen molar-refractivity contribution in [3.05, 3.63) is 24.2 Å². The van der Waals surface area contributed by atoms with Crippen molar-refractivity contribution >= 4 is 5.91 Å². The van der Waals surface area contributed by atoms with Crippen molar-refractivity contribution in [1.29, 1.82) is 0 Å². The van der Waals surface area contributed by atoms with Crippen LogP contribution in [0.3, 0.4) is 0 Å². The Morgan fingerprint density at radius 1 is 1.53 bits per heavy atom. The second kappa shape index (κ2) is 4.98. The molecule has 84 valence electrons. The van der Waals surface area contributed by atoms with Crippen molar-refractivity contribution in [2.24, 2.45) is 0 Å². The largest absolute Gasteiger partial charge is 0.467 e. The number of hydrogen-bond acceptors (Lipinski definition) is 3. The molecule has 0 spiro atoms. The second-order valence-electron chi connectivity index (χ2n) is 3.52. The van der Waals surface area contributed by atoms with Crippen LogP contribution in [0.1, 0.15) is 25.6 Å². The summed E-state index contributed by atoms with van der Waals surface area (Å²) in [5, 5.41) is 0. The number of nitrogens with zero attached hydrogens (tertiary/aromatic N) is 1. The molecule has 0 aromatic carbocycles. The van der Waals surface area contributed by atoms with Crippen LogP contribution in [-0.4, -0.2) is 31.1 Å². The normalized spacial score (nSPS) is 14.7. The summed E-state index contributed by atoms with van der Waals surface area (Å²) in [5.41, 5.74) is 0. The second-order valence-corrected chi connectivity index (χ2v) is 3.52. The molecule has 0 aliphatic carbocycles. The molecule has 0 aliphatic rings. The average molecular weight is 211 g/mol. The van der Waals surface area contributed by atoms with E-state index in [0.29, 0.717) is 0 Å². The molecule has 1 rings (SSSR count). The Kier molecular flexibility index (Phi) is 3.91. The van der Waals surface area contributed by atoms with Gasteiger partial charge in [-0.05, 0) is 26.0 Å². The van der Waals surface area contributed by atoms with Gasteiger partial charge in [-0.1, -0.05) is 0 Å². The minimum absolute atomic E-state index is 0.0543. The highest BCUT2D eigenvalue weighted by Crippen LogP contribution is 2.19. The molecule has 0 aliphatic heterocycles. The van der Waals surface area contributed by atoms with E-state index in [0.717, 1.165) is 5.76 Å². The maximum atomic E-state index is 11.8. The summed E-state index contributed by atoms with van der Waals surface area (Å²) >= 11 is 0. The molecule has 2 atom stereocenters. The Morgan fingerprint density at radius 2 is 2.20 bits per heavy atom. The first-order valence-corrected chi connectivity index (χ1v) is 4.90. The number of hydrogen-bond donors (Lipinski definition) is 0. The summed E-state index contributed by atoms with van der Waals surface area (Å²) < 4.78 is 10.2. The van der Waals surface area contributed by atoms with Crippen LogP contribution in [0.15, 0.2) is 22.8 Å². The number of methoxy groups -OCH3 is 1. The van der Waals surface area contributed by atoms with Crippen molar-refractivity contribution in [3.8, 4) is 0 Å². The molecular formula is C11H17NO3. The van der Waals surface area contributed by atoms with Crippen LogP contribution in [0.25, 0.3) is 0 Å². The van der Waals surface area contributed by atoms with E-state index in [1.165, 1.54) is 7.11 Å². The third kappa shape index (κ3) is 2.59. The first-order valence-electron chi connectivity index (χ1n) is 4.90. The summed E-state index contributed by atoms with van der Waals surface area (Å²) in [4.78, 5) is 13.4. The molecular weight excluding hydrogens is 194 g/mol. The molecule has 1 heterocycles. The third-order valence-electron chi connectivity index (χ3n) is 2.58. The molecule has 0 fully saturated rings. The topological polar surface area (TPSA) is 42.7 Å². The van der Waals surface area contributed by atoms with Crippen molar-refractivity contribution in [1.82, 2.24) is 4.90 Å². The number of furan rings is 1. The van der Waals surface area contributed by atoms with Crippen molar-refractivity contribution in [3.63, 3.8) is 0 Å². The van der Waals surface area contributed by atoms with Gasteiger partial charge in [0.05, 0.1) is 12.3 Å². The van der Waals surface area contributed by atoms with E-state index < -0.39 is 6.10 Å². The number of amides is 1. The van der Waals surface area contributed by atoms with Gasteiger partial charge in [0.25, 0.3) is 5.91 Å². The summed E-state index contributed by atoms with van der Waals surface area (Å²) in [6.45, 7) is 3.65. The number of ether oxygens (including phenoxy) is 1. The molecule has 15 heavy (non-hydrogen) atoms. The molecule has 4 nitrogen and oxygen atoms in total. The maximum absolute atomic E-state index is 11.8. The van der Waals surface area contributed by atoms with Gasteiger partial charge in [-0.3, -0.25) is 4.79 Å². The Bertz CT molecular complexity index is 308. The van der Waals surface area contributed by atoms with Crippen LogP contribution in [-0.2, 0) is 9.53 Å². The summed E-state index contributed by atoms with van der Waals surface area (Å²) in [5.74, 6) is 0.718. The summed E-state index contributed by atoms with van der Waals surface area (Å²) in [6, 6.07) is 3.58. The number of rotatable bonds is 4. The third-order valence-corrected chi connectivity index (χ3v) is 2.58. The van der Waals surface area contributed by atoms with Gasteiger partial charge in [0.2, 0.25) is 0 Å². The highest BCUT2D eigenvalue weighted by Gasteiger charge is 2.23. The molecule has 2 unspecified atom stereocenters. The number of carbonyl (C=O) groups is 1. The zero-order valence-electron chi connectivity index (χ0n) is 9.56. The fraction of sp³-hybridized carbons (Fsp3) is 0.545. The van der Waals surface area contributed by atoms with E-state index in [-0.39, 0.29) is 11.9 Å². The zero-order chi connectivity index (χ0) is 11.4. The van der Waals surface area contributed by atoms with Crippen LogP contribution < -0.4 is 0 Å². The zero-order valence-corrected chi connectivity index (χ0v) is 9.56. The van der Waals surface area contributed by atoms with E-state index >= 15 is 0 Å². The molecule has 0 saturated heterocycles. The molecule has 4 heteroatoms. The average Bonchev–Trinajstić information content (AvgIpc) is 2.78. The highest BCUT2D eigenvalue weighted by atomic mass is 16.5. The molecule has 1 aromatic heterocycles. The van der Waals surface area contributed by atoms with Gasteiger partial charge in [0.15, 0.2) is 0 Å². The molecule has 0 bridgehead atoms. The lowest BCUT2D eigenvalue weighted by molar-refractivity contribution is -0.141. The maximum Gasteiger partial charge on any atom is 0.251 e. The van der Waals surface area contributed by atoms with Gasteiger partial charge in [-0.25, -0.2) is 0 Å². The van der Waals surface area contributed by atoms with Crippen molar-refractivity contribution < 1.29 is 13.9 Å². The van der Waals surface area contributed by atoms with Crippen LogP contribution in [0.5, 0.6) is 0 Å². The fourth-order valence-corrected chi connectivity index (χ4v) is 1.30. The van der Waals surface area contributed by atoms with E-state index in [1.54, 1.807) is 25.1 Å². The van der Waals surface area contributed by atoms with Gasteiger partial charge < -0.3 is 14.1 Å². The predicted molar refractivity (Wildman–Crippen MR) is 56.4 cm³/mol. The van der Waals surface area contributed by atoms with E-state index in [1.807, 2.05) is 19.1 Å². The van der Waals surface area contributed by atoms with Gasteiger partial charge >= 0.3 is 0 Å². The Hall–Kier alpha value is -1.29. The summed E-state index contributed by atoms with van der Waals surface area (Å²) in [7, 11) is 3.26. The van der Waals surface area contributed by atoms with Crippen LogP contribution in [0, 0.1) is 0 Å². The van der Waals surface area contributed by atoms with E-state index in [4.69, 9.17) is 9.15 Å². The predicted octanol–water partition coefficient (Wildman–Crippen LogP) is 1.83. The quantitative estimate of drug-likeness (QED) is 0.763. The van der Waals surface area contributed by atoms with Crippen LogP contribution in [0.4, 0.5) is 0 Å². The first kappa shape index (κ1) is 11.8. The lowest BCUT2D eigenvalue weighted by Crippen LogP contribution is -2.37. The van der Waals surface area contributed by atoms with Crippen molar-refractivity contribution in [2.75, 3.05) is 14.2 Å². The first-order chi connectivity index (χ1) is 7.07. The Labute approximate surface area is 89.8 Å². The molecule has 0 radical (unpaired) electrons. The van der Waals surface area contributed by atoms with Gasteiger partial charge in [0, 0.05) is 14.2 Å². The van der Waals surface area contributed by atoms with Crippen LogP contribution >= 0.6 is 0 Å². The number of carbonyl (C=O) groups excluding carboxylic acids is 1. The van der Waals surface area contributed by atoms with Gasteiger partial charge in [0.1, 0.15) is 11.9 Å². The standard InChI is InChI=1S/C11H17NO3/c1-8(10-6-5-7-15-10)12(3)11(13)9(2)14-4/h5-9H,1-4H3. The molecule has 1 amide bonds. The SMILES string of the molecule is COC(C)C(=O)N(C)C(C)c1ccco1. The van der Waals surface area contributed by atoms with Crippen molar-refractivity contribution in [2.45, 2.75) is 26.0 Å². The Morgan fingerprint density at radius 3 is 2.67 bits per heavy atom. The smallest absolute Gasteiger partial charge is 0.251 e. The minimum Gasteiger partial charge on any atom is -0.467 e. The lowest BCUT2D eigenvalue weighted by Gasteiger charge is -2.25. The van der Waals surface area contributed by atoms with E-state index in [2.05, 4.69) is 0 Å². The molecule has 0 N–H and O–H groups in total. The van der Waals surface area contributed by atoms with E-state index in [9.17, 15) is 4.79 Å². The minimum atomic E-state index is -0.424.